The number of aromatic amines is 1. The molecule has 2 aromatic heterocycles. The fourth-order valence-electron chi connectivity index (χ4n) is 2.74. The molecule has 4 aromatic rings. The Morgan fingerprint density at radius 3 is 2.62 bits per heavy atom. The molecule has 0 bridgehead atoms. The van der Waals surface area contributed by atoms with E-state index in [-0.39, 0.29) is 11.7 Å². The van der Waals surface area contributed by atoms with Crippen LogP contribution in [-0.4, -0.2) is 20.9 Å². The Morgan fingerprint density at radius 2 is 1.90 bits per heavy atom. The van der Waals surface area contributed by atoms with Crippen molar-refractivity contribution in [3.05, 3.63) is 75.7 Å². The number of halogens is 3. The second kappa shape index (κ2) is 7.69. The van der Waals surface area contributed by atoms with E-state index in [9.17, 15) is 9.18 Å². The summed E-state index contributed by atoms with van der Waals surface area (Å²) in [4.78, 5) is 23.9. The summed E-state index contributed by atoms with van der Waals surface area (Å²) >= 11 is 12.3. The molecule has 0 saturated carbocycles. The Bertz CT molecular complexity index is 1220. The first kappa shape index (κ1) is 19.2. The number of anilines is 3. The van der Waals surface area contributed by atoms with Gasteiger partial charge >= 0.3 is 0 Å². The van der Waals surface area contributed by atoms with Gasteiger partial charge in [-0.15, -0.1) is 0 Å². The monoisotopic (exact) mass is 429 g/mol. The van der Waals surface area contributed by atoms with Gasteiger partial charge in [0.1, 0.15) is 11.6 Å². The van der Waals surface area contributed by atoms with Gasteiger partial charge in [0.15, 0.2) is 0 Å². The Labute approximate surface area is 175 Å². The fraction of sp³-hybridized carbons (Fsp3) is 0.0500. The predicted octanol–water partition coefficient (Wildman–Crippen LogP) is 5.71. The molecule has 29 heavy (non-hydrogen) atoms. The topological polar surface area (TPSA) is 82.7 Å². The SMILES string of the molecule is Cc1cc(NC(=O)c2ccc3nc(Nc4c(Cl)cccc4Cl)[nH]c3c2)ncc1F. The Kier molecular flexibility index (Phi) is 5.08. The van der Waals surface area contributed by atoms with Crippen LogP contribution >= 0.6 is 23.2 Å². The Morgan fingerprint density at radius 1 is 1.14 bits per heavy atom. The summed E-state index contributed by atoms with van der Waals surface area (Å²) in [6.07, 6.45) is 1.07. The Balaban J connectivity index is 1.58. The minimum absolute atomic E-state index is 0.273. The van der Waals surface area contributed by atoms with E-state index < -0.39 is 5.82 Å². The minimum Gasteiger partial charge on any atom is -0.324 e. The Hall–Kier alpha value is -3.16. The highest BCUT2D eigenvalue weighted by Crippen LogP contribution is 2.32. The maximum absolute atomic E-state index is 13.3. The van der Waals surface area contributed by atoms with Crippen molar-refractivity contribution in [2.75, 3.05) is 10.6 Å². The zero-order chi connectivity index (χ0) is 20.5. The number of fused-ring (bicyclic) bond motifs is 1. The number of benzene rings is 2. The zero-order valence-corrected chi connectivity index (χ0v) is 16.6. The highest BCUT2D eigenvalue weighted by Gasteiger charge is 2.12. The summed E-state index contributed by atoms with van der Waals surface area (Å²) < 4.78 is 13.3. The van der Waals surface area contributed by atoms with E-state index in [1.54, 1.807) is 43.3 Å². The lowest BCUT2D eigenvalue weighted by Crippen LogP contribution is -2.13. The third kappa shape index (κ3) is 4.01. The first-order valence-electron chi connectivity index (χ1n) is 8.55. The molecular formula is C20H14Cl2FN5O. The summed E-state index contributed by atoms with van der Waals surface area (Å²) in [7, 11) is 0. The molecule has 0 saturated heterocycles. The van der Waals surface area contributed by atoms with Crippen LogP contribution in [0.3, 0.4) is 0 Å². The number of aromatic nitrogens is 3. The molecule has 4 rings (SSSR count). The molecule has 2 aromatic carbocycles. The van der Waals surface area contributed by atoms with Crippen molar-refractivity contribution in [1.29, 1.82) is 0 Å². The number of carbonyl (C=O) groups is 1. The largest absolute Gasteiger partial charge is 0.324 e. The number of amides is 1. The van der Waals surface area contributed by atoms with Crippen molar-refractivity contribution in [3.8, 4) is 0 Å². The second-order valence-corrected chi connectivity index (χ2v) is 7.13. The van der Waals surface area contributed by atoms with Gasteiger partial charge in [-0.3, -0.25) is 4.79 Å². The van der Waals surface area contributed by atoms with Gasteiger partial charge in [0.05, 0.1) is 33.0 Å². The van der Waals surface area contributed by atoms with Gasteiger partial charge in [-0.25, -0.2) is 14.4 Å². The average Bonchev–Trinajstić information content (AvgIpc) is 3.09. The third-order valence-electron chi connectivity index (χ3n) is 4.24. The average molecular weight is 430 g/mol. The maximum Gasteiger partial charge on any atom is 0.256 e. The number of hydrogen-bond acceptors (Lipinski definition) is 4. The smallest absolute Gasteiger partial charge is 0.256 e. The normalized spacial score (nSPS) is 10.9. The highest BCUT2D eigenvalue weighted by atomic mass is 35.5. The quantitative estimate of drug-likeness (QED) is 0.388. The van der Waals surface area contributed by atoms with Crippen LogP contribution in [0.25, 0.3) is 11.0 Å². The number of aryl methyl sites for hydroxylation is 1. The molecule has 0 atom stereocenters. The lowest BCUT2D eigenvalue weighted by Gasteiger charge is -2.07. The zero-order valence-electron chi connectivity index (χ0n) is 15.1. The van der Waals surface area contributed by atoms with E-state index in [4.69, 9.17) is 23.2 Å². The van der Waals surface area contributed by atoms with Crippen LogP contribution in [-0.2, 0) is 0 Å². The number of imidazole rings is 1. The van der Waals surface area contributed by atoms with Gasteiger partial charge < -0.3 is 15.6 Å². The number of hydrogen-bond donors (Lipinski definition) is 3. The van der Waals surface area contributed by atoms with Crippen LogP contribution in [0.4, 0.5) is 21.8 Å². The molecular weight excluding hydrogens is 416 g/mol. The molecule has 0 aliphatic rings. The molecule has 1 amide bonds. The lowest BCUT2D eigenvalue weighted by atomic mass is 10.2. The van der Waals surface area contributed by atoms with E-state index in [1.165, 1.54) is 6.07 Å². The molecule has 0 aliphatic carbocycles. The molecule has 0 fully saturated rings. The summed E-state index contributed by atoms with van der Waals surface area (Å²) in [6, 6.07) is 11.7. The minimum atomic E-state index is -0.430. The molecule has 0 unspecified atom stereocenters. The molecule has 9 heteroatoms. The molecule has 3 N–H and O–H groups in total. The van der Waals surface area contributed by atoms with E-state index >= 15 is 0 Å². The van der Waals surface area contributed by atoms with Gasteiger partial charge in [0.2, 0.25) is 5.95 Å². The molecule has 0 spiro atoms. The van der Waals surface area contributed by atoms with E-state index in [0.717, 1.165) is 6.20 Å². The summed E-state index contributed by atoms with van der Waals surface area (Å²) in [5.41, 5.74) is 2.63. The van der Waals surface area contributed by atoms with Crippen LogP contribution in [0.2, 0.25) is 10.0 Å². The maximum atomic E-state index is 13.3. The first-order valence-corrected chi connectivity index (χ1v) is 9.30. The summed E-state index contributed by atoms with van der Waals surface area (Å²) in [6.45, 7) is 1.60. The number of nitrogens with zero attached hydrogens (tertiary/aromatic N) is 2. The summed E-state index contributed by atoms with van der Waals surface area (Å²) in [5.74, 6) is -0.0955. The predicted molar refractivity (Wildman–Crippen MR) is 113 cm³/mol. The van der Waals surface area contributed by atoms with E-state index in [1.807, 2.05) is 0 Å². The number of rotatable bonds is 4. The third-order valence-corrected chi connectivity index (χ3v) is 4.87. The molecule has 2 heterocycles. The molecule has 146 valence electrons. The van der Waals surface area contributed by atoms with Crippen LogP contribution in [0.15, 0.2) is 48.7 Å². The van der Waals surface area contributed by atoms with E-state index in [2.05, 4.69) is 25.6 Å². The van der Waals surface area contributed by atoms with Gasteiger partial charge in [-0.05, 0) is 48.9 Å². The first-order chi connectivity index (χ1) is 13.9. The number of nitrogens with one attached hydrogen (secondary N) is 3. The van der Waals surface area contributed by atoms with Gasteiger partial charge in [-0.2, -0.15) is 0 Å². The highest BCUT2D eigenvalue weighted by molar-refractivity contribution is 6.39. The van der Waals surface area contributed by atoms with Crippen molar-refractivity contribution >= 4 is 57.6 Å². The summed E-state index contributed by atoms with van der Waals surface area (Å²) in [5, 5.41) is 6.62. The standard InChI is InChI=1S/C20H14Cl2FN5O/c1-10-7-17(24-9-14(10)23)27-19(29)11-5-6-15-16(8-11)26-20(25-15)28-18-12(21)3-2-4-13(18)22/h2-9H,1H3,(H,24,27,29)(H2,25,26,28). The molecule has 6 nitrogen and oxygen atoms in total. The van der Waals surface area contributed by atoms with Crippen LogP contribution in [0, 0.1) is 12.7 Å². The van der Waals surface area contributed by atoms with Crippen molar-refractivity contribution in [2.24, 2.45) is 0 Å². The number of pyridine rings is 1. The van der Waals surface area contributed by atoms with Gasteiger partial charge in [-0.1, -0.05) is 29.3 Å². The fourth-order valence-corrected chi connectivity index (χ4v) is 3.23. The lowest BCUT2D eigenvalue weighted by molar-refractivity contribution is 0.102. The van der Waals surface area contributed by atoms with Crippen LogP contribution in [0.1, 0.15) is 15.9 Å². The van der Waals surface area contributed by atoms with Crippen LogP contribution < -0.4 is 10.6 Å². The van der Waals surface area contributed by atoms with Crippen molar-refractivity contribution in [1.82, 2.24) is 15.0 Å². The van der Waals surface area contributed by atoms with Crippen molar-refractivity contribution < 1.29 is 9.18 Å². The number of carbonyl (C=O) groups excluding carboxylic acids is 1. The van der Waals surface area contributed by atoms with Crippen molar-refractivity contribution in [3.63, 3.8) is 0 Å². The number of H-pyrrole nitrogens is 1. The van der Waals surface area contributed by atoms with Crippen LogP contribution in [0.5, 0.6) is 0 Å². The van der Waals surface area contributed by atoms with Gasteiger partial charge in [0, 0.05) is 5.56 Å². The molecule has 0 radical (unpaired) electrons. The molecule has 0 aliphatic heterocycles. The number of para-hydroxylation sites is 1. The second-order valence-electron chi connectivity index (χ2n) is 6.31. The van der Waals surface area contributed by atoms with Crippen molar-refractivity contribution in [2.45, 2.75) is 6.92 Å². The van der Waals surface area contributed by atoms with Gasteiger partial charge in [0.25, 0.3) is 5.91 Å². The van der Waals surface area contributed by atoms with E-state index in [0.29, 0.717) is 43.8 Å².